The topological polar surface area (TPSA) is 267 Å². The maximum Gasteiger partial charge on any atom is 0.303 e. The minimum Gasteiger partial charge on any atom is -0.463 e. The van der Waals surface area contributed by atoms with Gasteiger partial charge in [-0.3, -0.25) is 43.2 Å². The molecule has 1 amide bonds. The molecule has 370 valence electrons. The van der Waals surface area contributed by atoms with Gasteiger partial charge in [0.15, 0.2) is 48.9 Å². The van der Waals surface area contributed by atoms with E-state index in [2.05, 4.69) is 5.32 Å². The number of rotatable bonds is 18. The van der Waals surface area contributed by atoms with Crippen LogP contribution >= 0.6 is 11.6 Å². The summed E-state index contributed by atoms with van der Waals surface area (Å²) in [6.07, 6.45) is -16.5. The summed E-state index contributed by atoms with van der Waals surface area (Å²) >= 11 is 6.48. The number of amides is 1. The van der Waals surface area contributed by atoms with Crippen molar-refractivity contribution in [3.63, 3.8) is 0 Å². The van der Waals surface area contributed by atoms with Crippen LogP contribution in [0.2, 0.25) is 5.02 Å². The van der Waals surface area contributed by atoms with Crippen LogP contribution in [0.3, 0.4) is 0 Å². The number of hydrogen-bond donors (Lipinski definition) is 1. The summed E-state index contributed by atoms with van der Waals surface area (Å²) in [5.41, 5.74) is 1.62. The molecular weight excluding hydrogens is 934 g/mol. The van der Waals surface area contributed by atoms with E-state index in [0.29, 0.717) is 16.7 Å². The third-order valence-electron chi connectivity index (χ3n) is 10.0. The van der Waals surface area contributed by atoms with Crippen molar-refractivity contribution in [2.45, 2.75) is 116 Å². The highest BCUT2D eigenvalue weighted by Crippen LogP contribution is 2.36. The zero-order chi connectivity index (χ0) is 50.5. The van der Waals surface area contributed by atoms with E-state index in [1.54, 1.807) is 36.4 Å². The lowest BCUT2D eigenvalue weighted by Crippen LogP contribution is -2.67. The number of carbonyl (C=O) groups is 9. The van der Waals surface area contributed by atoms with Gasteiger partial charge in [-0.05, 0) is 29.8 Å². The molecule has 22 heteroatoms. The zero-order valence-corrected chi connectivity index (χ0v) is 39.1. The Morgan fingerprint density at radius 2 is 0.957 bits per heavy atom. The molecule has 10 atom stereocenters. The van der Waals surface area contributed by atoms with Crippen LogP contribution in [-0.4, -0.2) is 128 Å². The molecule has 69 heavy (non-hydrogen) atoms. The Kier molecular flexibility index (Phi) is 18.9. The highest BCUT2D eigenvalue weighted by atomic mass is 35.5. The molecule has 2 heterocycles. The first-order valence-electron chi connectivity index (χ1n) is 21.2. The van der Waals surface area contributed by atoms with Crippen LogP contribution in [0.15, 0.2) is 72.8 Å². The first kappa shape index (κ1) is 53.2. The molecule has 3 aromatic carbocycles. The summed E-state index contributed by atoms with van der Waals surface area (Å²) in [7, 11) is 0. The van der Waals surface area contributed by atoms with Gasteiger partial charge in [0, 0.05) is 65.2 Å². The second kappa shape index (κ2) is 24.5. The quantitative estimate of drug-likeness (QED) is 0.107. The molecule has 0 unspecified atom stereocenters. The van der Waals surface area contributed by atoms with Crippen molar-refractivity contribution in [2.75, 3.05) is 18.5 Å². The average molecular weight is 984 g/mol. The lowest BCUT2D eigenvalue weighted by molar-refractivity contribution is -0.362. The standard InChI is InChI=1S/C47H50ClNO20/c1-23(50)59-21-36-39(62-25(3)52)41(63-26(4)53)44(66-29(7)56)47(68-36)69-40-37(22-60-24(2)51)67-46(43(65-28(6)55)42(40)64-27(5)54)61-20-30-13-18-34(48)35(19-30)49-45(58)33-16-14-32(15-17-33)38(57)31-11-9-8-10-12-31/h8-19,36-37,39-44,46-47H,20-22H2,1-7H3,(H,49,58)/t36-,37-,39-,40-,41+,42+,43-,44-,46-,47-/m1/s1. The lowest BCUT2D eigenvalue weighted by Gasteiger charge is -2.48. The van der Waals surface area contributed by atoms with E-state index in [-0.39, 0.29) is 28.7 Å². The Hall–Kier alpha value is -6.78. The van der Waals surface area contributed by atoms with E-state index in [1.807, 2.05) is 0 Å². The monoisotopic (exact) mass is 983 g/mol. The van der Waals surface area contributed by atoms with Gasteiger partial charge in [-0.1, -0.05) is 60.1 Å². The third kappa shape index (κ3) is 15.1. The molecule has 2 aliphatic heterocycles. The van der Waals surface area contributed by atoms with E-state index in [4.69, 9.17) is 63.7 Å². The van der Waals surface area contributed by atoms with Crippen molar-refractivity contribution in [2.24, 2.45) is 0 Å². The third-order valence-corrected chi connectivity index (χ3v) is 10.4. The van der Waals surface area contributed by atoms with Crippen LogP contribution in [0.25, 0.3) is 0 Å². The number of nitrogens with one attached hydrogen (secondary N) is 1. The van der Waals surface area contributed by atoms with E-state index in [9.17, 15) is 43.2 Å². The molecule has 1 N–H and O–H groups in total. The van der Waals surface area contributed by atoms with Gasteiger partial charge in [0.25, 0.3) is 5.91 Å². The molecule has 21 nitrogen and oxygen atoms in total. The molecule has 5 rings (SSSR count). The van der Waals surface area contributed by atoms with Gasteiger partial charge in [-0.2, -0.15) is 0 Å². The second-order valence-corrected chi connectivity index (χ2v) is 15.9. The van der Waals surface area contributed by atoms with Gasteiger partial charge in [0.2, 0.25) is 0 Å². The first-order valence-corrected chi connectivity index (χ1v) is 21.6. The number of ketones is 1. The number of carbonyl (C=O) groups excluding carboxylic acids is 9. The van der Waals surface area contributed by atoms with E-state index in [1.165, 1.54) is 36.4 Å². The van der Waals surface area contributed by atoms with Crippen molar-refractivity contribution in [3.05, 3.63) is 100 Å². The van der Waals surface area contributed by atoms with Gasteiger partial charge in [0.05, 0.1) is 17.3 Å². The summed E-state index contributed by atoms with van der Waals surface area (Å²) in [5.74, 6) is -6.97. The molecule has 0 saturated carbocycles. The van der Waals surface area contributed by atoms with Gasteiger partial charge < -0.3 is 57.4 Å². The molecule has 3 aromatic rings. The molecule has 0 aliphatic carbocycles. The fraction of sp³-hybridized carbons (Fsp3) is 0.426. The smallest absolute Gasteiger partial charge is 0.303 e. The predicted molar refractivity (Wildman–Crippen MR) is 234 cm³/mol. The second-order valence-electron chi connectivity index (χ2n) is 15.5. The van der Waals surface area contributed by atoms with Crippen LogP contribution in [0.4, 0.5) is 5.69 Å². The fourth-order valence-electron chi connectivity index (χ4n) is 7.27. The number of anilines is 1. The van der Waals surface area contributed by atoms with Crippen molar-refractivity contribution in [3.8, 4) is 0 Å². The van der Waals surface area contributed by atoms with Gasteiger partial charge in [-0.25, -0.2) is 0 Å². The molecule has 0 aromatic heterocycles. The number of hydrogen-bond acceptors (Lipinski definition) is 20. The molecule has 0 bridgehead atoms. The fourth-order valence-corrected chi connectivity index (χ4v) is 7.43. The van der Waals surface area contributed by atoms with Crippen molar-refractivity contribution >= 4 is 70.8 Å². The Morgan fingerprint density at radius 1 is 0.507 bits per heavy atom. The van der Waals surface area contributed by atoms with Crippen LogP contribution in [0.5, 0.6) is 0 Å². The summed E-state index contributed by atoms with van der Waals surface area (Å²) in [5, 5.41) is 2.88. The zero-order valence-electron chi connectivity index (χ0n) is 38.4. The maximum absolute atomic E-state index is 13.4. The maximum atomic E-state index is 13.4. The number of halogens is 1. The Morgan fingerprint density at radius 3 is 1.49 bits per heavy atom. The SMILES string of the molecule is CC(=O)OC[C@H]1O[C@H](O[C@H]2[C@H](OC(C)=O)[C@@H](OC(C)=O)[C@H](OCc3ccc(Cl)c(NC(=O)c4ccc(C(=O)c5ccccc5)cc4)c3)O[C@@H]2COC(C)=O)[C@H](OC(C)=O)[C@@H](OC(C)=O)[C@@H]1OC(C)=O. The molecule has 2 saturated heterocycles. The first-order chi connectivity index (χ1) is 32.7. The Bertz CT molecular complexity index is 2380. The summed E-state index contributed by atoms with van der Waals surface area (Å²) in [6, 6.07) is 19.2. The van der Waals surface area contributed by atoms with Crippen molar-refractivity contribution in [1.82, 2.24) is 0 Å². The number of ether oxygens (including phenoxy) is 11. The van der Waals surface area contributed by atoms with Gasteiger partial charge in [-0.15, -0.1) is 0 Å². The summed E-state index contributed by atoms with van der Waals surface area (Å²) in [6.45, 7) is 5.74. The number of benzene rings is 3. The minimum absolute atomic E-state index is 0.147. The summed E-state index contributed by atoms with van der Waals surface area (Å²) in [4.78, 5) is 113. The van der Waals surface area contributed by atoms with Crippen LogP contribution in [0, 0.1) is 0 Å². The van der Waals surface area contributed by atoms with Gasteiger partial charge in [0.1, 0.15) is 31.5 Å². The largest absolute Gasteiger partial charge is 0.463 e. The normalized spacial score (nSPS) is 24.1. The van der Waals surface area contributed by atoms with Gasteiger partial charge >= 0.3 is 41.8 Å². The van der Waals surface area contributed by atoms with Crippen LogP contribution in [0.1, 0.15) is 80.3 Å². The van der Waals surface area contributed by atoms with Crippen molar-refractivity contribution in [1.29, 1.82) is 0 Å². The molecule has 2 fully saturated rings. The lowest BCUT2D eigenvalue weighted by atomic mass is 9.96. The Balaban J connectivity index is 1.45. The van der Waals surface area contributed by atoms with E-state index >= 15 is 0 Å². The minimum atomic E-state index is -1.87. The molecule has 0 spiro atoms. The summed E-state index contributed by atoms with van der Waals surface area (Å²) < 4.78 is 63.2. The molecular formula is C47H50ClNO20. The predicted octanol–water partition coefficient (Wildman–Crippen LogP) is 3.96. The van der Waals surface area contributed by atoms with E-state index in [0.717, 1.165) is 48.5 Å². The number of esters is 7. The molecule has 0 radical (unpaired) electrons. The highest BCUT2D eigenvalue weighted by molar-refractivity contribution is 6.34. The van der Waals surface area contributed by atoms with E-state index < -0.39 is 122 Å². The van der Waals surface area contributed by atoms with Crippen LogP contribution in [-0.2, 0) is 92.3 Å². The highest BCUT2D eigenvalue weighted by Gasteiger charge is 2.57. The van der Waals surface area contributed by atoms with Crippen LogP contribution < -0.4 is 5.32 Å². The average Bonchev–Trinajstić information content (AvgIpc) is 3.28. The van der Waals surface area contributed by atoms with Crippen molar-refractivity contribution < 1.29 is 95.3 Å². The Labute approximate surface area is 400 Å². The molecule has 2 aliphatic rings.